The Balaban J connectivity index is 2.60. The van der Waals surface area contributed by atoms with Gasteiger partial charge in [-0.15, -0.1) is 0 Å². The van der Waals surface area contributed by atoms with Gasteiger partial charge in [0, 0.05) is 11.8 Å². The Hall–Kier alpha value is -2.04. The average Bonchev–Trinajstić information content (AvgIpc) is 2.28. The van der Waals surface area contributed by atoms with Crippen molar-refractivity contribution >= 4 is 0 Å². The summed E-state index contributed by atoms with van der Waals surface area (Å²) >= 11 is 0. The number of aromatic hydroxyl groups is 1. The lowest BCUT2D eigenvalue weighted by Crippen LogP contribution is -2.08. The Labute approximate surface area is 95.4 Å². The molecule has 1 aromatic heterocycles. The van der Waals surface area contributed by atoms with Crippen LogP contribution in [0.15, 0.2) is 42.6 Å². The predicted molar refractivity (Wildman–Crippen MR) is 56.3 cm³/mol. The van der Waals surface area contributed by atoms with Crippen molar-refractivity contribution in [2.75, 3.05) is 0 Å². The van der Waals surface area contributed by atoms with Crippen molar-refractivity contribution in [1.29, 1.82) is 0 Å². The summed E-state index contributed by atoms with van der Waals surface area (Å²) in [6.45, 7) is 0. The fourth-order valence-electron chi connectivity index (χ4n) is 1.52. The van der Waals surface area contributed by atoms with Gasteiger partial charge in [-0.2, -0.15) is 13.2 Å². The third-order valence-corrected chi connectivity index (χ3v) is 2.23. The number of alkyl halides is 3. The van der Waals surface area contributed by atoms with E-state index in [2.05, 4.69) is 4.98 Å². The summed E-state index contributed by atoms with van der Waals surface area (Å²) in [4.78, 5) is 3.73. The van der Waals surface area contributed by atoms with Crippen LogP contribution in [0.3, 0.4) is 0 Å². The summed E-state index contributed by atoms with van der Waals surface area (Å²) in [5, 5.41) is 9.26. The third-order valence-electron chi connectivity index (χ3n) is 2.23. The summed E-state index contributed by atoms with van der Waals surface area (Å²) in [7, 11) is 0. The molecule has 1 N–H and O–H groups in total. The second kappa shape index (κ2) is 4.08. The van der Waals surface area contributed by atoms with Crippen molar-refractivity contribution in [2.45, 2.75) is 6.18 Å². The Morgan fingerprint density at radius 2 is 1.82 bits per heavy atom. The maximum atomic E-state index is 12.7. The molecule has 2 aromatic rings. The highest BCUT2D eigenvalue weighted by atomic mass is 19.4. The highest BCUT2D eigenvalue weighted by molar-refractivity contribution is 5.65. The van der Waals surface area contributed by atoms with Crippen LogP contribution >= 0.6 is 0 Å². The standard InChI is InChI=1S/C12H8F3NO/c13-12(14,15)10-5-2-6-16-11(10)8-3-1-4-9(17)7-8/h1-7,17H. The molecule has 0 fully saturated rings. The van der Waals surface area contributed by atoms with Gasteiger partial charge in [0.2, 0.25) is 0 Å². The molecule has 0 aliphatic rings. The average molecular weight is 239 g/mol. The maximum Gasteiger partial charge on any atom is 0.418 e. The van der Waals surface area contributed by atoms with E-state index < -0.39 is 11.7 Å². The number of aromatic nitrogens is 1. The molecular weight excluding hydrogens is 231 g/mol. The van der Waals surface area contributed by atoms with Crippen molar-refractivity contribution < 1.29 is 18.3 Å². The van der Waals surface area contributed by atoms with E-state index in [0.29, 0.717) is 0 Å². The molecular formula is C12H8F3NO. The van der Waals surface area contributed by atoms with Crippen molar-refractivity contribution in [1.82, 2.24) is 4.98 Å². The highest BCUT2D eigenvalue weighted by Crippen LogP contribution is 2.36. The monoisotopic (exact) mass is 239 g/mol. The van der Waals surface area contributed by atoms with Crippen LogP contribution in [-0.2, 0) is 6.18 Å². The number of halogens is 3. The lowest BCUT2D eigenvalue weighted by molar-refractivity contribution is -0.137. The summed E-state index contributed by atoms with van der Waals surface area (Å²) in [6.07, 6.45) is -3.18. The van der Waals surface area contributed by atoms with Crippen molar-refractivity contribution in [3.8, 4) is 17.0 Å². The molecule has 0 atom stereocenters. The van der Waals surface area contributed by atoms with Gasteiger partial charge in [-0.25, -0.2) is 0 Å². The Kier molecular flexibility index (Phi) is 2.75. The van der Waals surface area contributed by atoms with E-state index in [0.717, 1.165) is 6.07 Å². The van der Waals surface area contributed by atoms with Gasteiger partial charge in [0.1, 0.15) is 5.75 Å². The highest BCUT2D eigenvalue weighted by Gasteiger charge is 2.34. The number of pyridine rings is 1. The van der Waals surface area contributed by atoms with Crippen LogP contribution < -0.4 is 0 Å². The fourth-order valence-corrected chi connectivity index (χ4v) is 1.52. The molecule has 0 saturated carbocycles. The molecule has 1 aromatic carbocycles. The van der Waals surface area contributed by atoms with Crippen LogP contribution in [0, 0.1) is 0 Å². The van der Waals surface area contributed by atoms with Crippen LogP contribution in [0.2, 0.25) is 0 Å². The summed E-state index contributed by atoms with van der Waals surface area (Å²) in [5.41, 5.74) is -0.764. The zero-order chi connectivity index (χ0) is 12.5. The smallest absolute Gasteiger partial charge is 0.418 e. The van der Waals surface area contributed by atoms with E-state index in [4.69, 9.17) is 0 Å². The fraction of sp³-hybridized carbons (Fsp3) is 0.0833. The largest absolute Gasteiger partial charge is 0.508 e. The molecule has 1 heterocycles. The first-order chi connectivity index (χ1) is 7.98. The normalized spacial score (nSPS) is 11.5. The summed E-state index contributed by atoms with van der Waals surface area (Å²) in [6, 6.07) is 7.77. The van der Waals surface area contributed by atoms with Gasteiger partial charge >= 0.3 is 6.18 Å². The number of hydrogen-bond donors (Lipinski definition) is 1. The quantitative estimate of drug-likeness (QED) is 0.826. The number of rotatable bonds is 1. The lowest BCUT2D eigenvalue weighted by atomic mass is 10.1. The Morgan fingerprint density at radius 1 is 1.06 bits per heavy atom. The molecule has 0 radical (unpaired) electrons. The molecule has 0 unspecified atom stereocenters. The molecule has 0 saturated heterocycles. The number of nitrogens with zero attached hydrogens (tertiary/aromatic N) is 1. The summed E-state index contributed by atoms with van der Waals surface area (Å²) in [5.74, 6) is -0.0960. The van der Waals surface area contributed by atoms with Gasteiger partial charge in [0.25, 0.3) is 0 Å². The van der Waals surface area contributed by atoms with E-state index >= 15 is 0 Å². The van der Waals surface area contributed by atoms with Crippen molar-refractivity contribution in [2.24, 2.45) is 0 Å². The van der Waals surface area contributed by atoms with E-state index in [9.17, 15) is 18.3 Å². The molecule has 0 bridgehead atoms. The van der Waals surface area contributed by atoms with E-state index in [1.165, 1.54) is 36.5 Å². The molecule has 17 heavy (non-hydrogen) atoms. The molecule has 0 aliphatic carbocycles. The van der Waals surface area contributed by atoms with Crippen LogP contribution in [0.25, 0.3) is 11.3 Å². The summed E-state index contributed by atoms with van der Waals surface area (Å²) < 4.78 is 38.2. The Bertz CT molecular complexity index is 537. The molecule has 88 valence electrons. The predicted octanol–water partition coefficient (Wildman–Crippen LogP) is 3.47. The van der Waals surface area contributed by atoms with E-state index in [-0.39, 0.29) is 17.0 Å². The molecule has 0 aliphatic heterocycles. The molecule has 2 rings (SSSR count). The van der Waals surface area contributed by atoms with Crippen LogP contribution in [0.4, 0.5) is 13.2 Å². The second-order valence-electron chi connectivity index (χ2n) is 3.45. The second-order valence-corrected chi connectivity index (χ2v) is 3.45. The number of benzene rings is 1. The zero-order valence-corrected chi connectivity index (χ0v) is 8.57. The Morgan fingerprint density at radius 3 is 2.47 bits per heavy atom. The van der Waals surface area contributed by atoms with Gasteiger partial charge in [-0.05, 0) is 24.3 Å². The van der Waals surface area contributed by atoms with Crippen molar-refractivity contribution in [3.63, 3.8) is 0 Å². The minimum absolute atomic E-state index is 0.0960. The minimum atomic E-state index is -4.46. The lowest BCUT2D eigenvalue weighted by Gasteiger charge is -2.11. The minimum Gasteiger partial charge on any atom is -0.508 e. The molecule has 5 heteroatoms. The number of phenolic OH excluding ortho intramolecular Hbond substituents is 1. The van der Waals surface area contributed by atoms with Crippen molar-refractivity contribution in [3.05, 3.63) is 48.2 Å². The van der Waals surface area contributed by atoms with Gasteiger partial charge < -0.3 is 5.11 Å². The molecule has 2 nitrogen and oxygen atoms in total. The van der Waals surface area contributed by atoms with Crippen LogP contribution in [0.5, 0.6) is 5.75 Å². The van der Waals surface area contributed by atoms with Gasteiger partial charge in [0.05, 0.1) is 11.3 Å². The zero-order valence-electron chi connectivity index (χ0n) is 8.57. The first kappa shape index (κ1) is 11.4. The van der Waals surface area contributed by atoms with Gasteiger partial charge in [0.15, 0.2) is 0 Å². The first-order valence-corrected chi connectivity index (χ1v) is 4.80. The van der Waals surface area contributed by atoms with Gasteiger partial charge in [-0.3, -0.25) is 4.98 Å². The van der Waals surface area contributed by atoms with E-state index in [1.807, 2.05) is 0 Å². The third kappa shape index (κ3) is 2.38. The van der Waals surface area contributed by atoms with Crippen LogP contribution in [-0.4, -0.2) is 10.1 Å². The number of hydrogen-bond acceptors (Lipinski definition) is 2. The first-order valence-electron chi connectivity index (χ1n) is 4.80. The van der Waals surface area contributed by atoms with Gasteiger partial charge in [-0.1, -0.05) is 12.1 Å². The van der Waals surface area contributed by atoms with E-state index in [1.54, 1.807) is 0 Å². The maximum absolute atomic E-state index is 12.7. The molecule has 0 spiro atoms. The van der Waals surface area contributed by atoms with Crippen LogP contribution in [0.1, 0.15) is 5.56 Å². The molecule has 0 amide bonds. The SMILES string of the molecule is Oc1cccc(-c2ncccc2C(F)(F)F)c1. The number of phenols is 1. The topological polar surface area (TPSA) is 33.1 Å².